The van der Waals surface area contributed by atoms with Crippen molar-refractivity contribution in [1.82, 2.24) is 15.0 Å². The van der Waals surface area contributed by atoms with Gasteiger partial charge in [-0.3, -0.25) is 19.1 Å². The first-order valence-electron chi connectivity index (χ1n) is 14.4. The maximum Gasteiger partial charge on any atom is 0.264 e. The smallest absolute Gasteiger partial charge is 0.264 e. The van der Waals surface area contributed by atoms with Gasteiger partial charge in [-0.2, -0.15) is 0 Å². The van der Waals surface area contributed by atoms with Gasteiger partial charge in [0.1, 0.15) is 12.2 Å². The highest BCUT2D eigenvalue weighted by Crippen LogP contribution is 2.47. The second-order valence-corrected chi connectivity index (χ2v) is 10.9. The number of fused-ring (bicyclic) bond motifs is 1. The lowest BCUT2D eigenvalue weighted by molar-refractivity contribution is -0.139. The van der Waals surface area contributed by atoms with Crippen LogP contribution in [0.5, 0.6) is 0 Å². The number of hydrogen-bond acceptors (Lipinski definition) is 9. The molecule has 2 heterocycles. The second kappa shape index (κ2) is 13.9. The third kappa shape index (κ3) is 7.19. The Kier molecular flexibility index (Phi) is 10.3. The van der Waals surface area contributed by atoms with Gasteiger partial charge in [0.25, 0.3) is 17.7 Å². The number of aromatic nitrogens is 3. The number of carbonyl (C=O) groups is 3. The van der Waals surface area contributed by atoms with Crippen LogP contribution in [0.15, 0.2) is 60.8 Å². The second-order valence-electron chi connectivity index (χ2n) is 10.9. The predicted molar refractivity (Wildman–Crippen MR) is 162 cm³/mol. The first kappa shape index (κ1) is 32.5. The van der Waals surface area contributed by atoms with Gasteiger partial charge in [-0.1, -0.05) is 36.4 Å². The lowest BCUT2D eigenvalue weighted by Gasteiger charge is -2.28. The van der Waals surface area contributed by atoms with Crippen molar-refractivity contribution in [3.8, 4) is 0 Å². The Morgan fingerprint density at radius 2 is 1.70 bits per heavy atom. The topological polar surface area (TPSA) is 190 Å². The van der Waals surface area contributed by atoms with Crippen LogP contribution < -0.4 is 15.5 Å². The number of hydrogen-bond donors (Lipinski definition) is 6. The minimum absolute atomic E-state index is 0.0172. The number of nitrogens with zero attached hydrogens (tertiary/aromatic N) is 4. The molecule has 13 nitrogen and oxygen atoms in total. The van der Waals surface area contributed by atoms with E-state index in [9.17, 15) is 29.7 Å². The summed E-state index contributed by atoms with van der Waals surface area (Å²) in [6, 6.07) is 11.6. The van der Waals surface area contributed by atoms with Crippen molar-refractivity contribution in [3.05, 3.63) is 77.6 Å². The first-order chi connectivity index (χ1) is 20.9. The number of aliphatic hydroxyl groups is 4. The number of allylic oxidation sites excluding steroid dienone is 1. The van der Waals surface area contributed by atoms with Crippen molar-refractivity contribution in [1.29, 1.82) is 0 Å². The zero-order chi connectivity index (χ0) is 32.0. The lowest BCUT2D eigenvalue weighted by atomic mass is 9.82. The Balaban J connectivity index is 1.60. The number of rotatable bonds is 13. The summed E-state index contributed by atoms with van der Waals surface area (Å²) in [5.74, 6) is -2.44. The highest BCUT2D eigenvalue weighted by molar-refractivity contribution is 6.08. The Morgan fingerprint density at radius 1 is 1.02 bits per heavy atom. The van der Waals surface area contributed by atoms with Gasteiger partial charge in [0.2, 0.25) is 0 Å². The van der Waals surface area contributed by atoms with E-state index in [4.69, 9.17) is 5.11 Å². The molecule has 0 radical (unpaired) electrons. The lowest BCUT2D eigenvalue weighted by Crippen LogP contribution is -2.44. The predicted octanol–water partition coefficient (Wildman–Crippen LogP) is 1.47. The van der Waals surface area contributed by atoms with Crippen molar-refractivity contribution in [3.63, 3.8) is 0 Å². The van der Waals surface area contributed by atoms with E-state index in [1.807, 2.05) is 6.08 Å². The molecule has 2 aromatic carbocycles. The summed E-state index contributed by atoms with van der Waals surface area (Å²) in [6.07, 6.45) is 3.86. The Labute approximate surface area is 254 Å². The van der Waals surface area contributed by atoms with Crippen LogP contribution in [0.4, 0.5) is 17.1 Å². The van der Waals surface area contributed by atoms with Crippen LogP contribution in [0.2, 0.25) is 0 Å². The molecule has 44 heavy (non-hydrogen) atoms. The molecule has 0 saturated heterocycles. The summed E-state index contributed by atoms with van der Waals surface area (Å²) >= 11 is 0. The monoisotopic (exact) mass is 606 g/mol. The van der Waals surface area contributed by atoms with Crippen molar-refractivity contribution in [2.75, 3.05) is 22.1 Å². The molecule has 13 heteroatoms. The Hall–Kier alpha value is -4.43. The molecule has 3 aromatic rings. The van der Waals surface area contributed by atoms with E-state index in [2.05, 4.69) is 20.9 Å². The van der Waals surface area contributed by atoms with Crippen LogP contribution in [0.1, 0.15) is 44.0 Å². The molecule has 234 valence electrons. The number of nitrogens with one attached hydrogen (secondary N) is 2. The van der Waals surface area contributed by atoms with E-state index < -0.39 is 41.4 Å². The summed E-state index contributed by atoms with van der Waals surface area (Å²) < 4.78 is 1.65. The molecule has 0 saturated carbocycles. The standard InChI is InChI=1S/C31H38N6O7/c1-19(7-4-5-13-36-18-25(12-14-38)34-35-36)31(44)26-16-24(33-29(42)21(3)40)10-11-27(26)37(30(31)43)17-22-8-6-9-23(15-22)32-28(41)20(2)39/h4,6-11,15-16,18-21,38-40,44H,5,12-14,17H2,1-3H3,(H,32,41)(H,33,42)/b7-4+/t19-,20+,21+,31+/m1/s1. The summed E-state index contributed by atoms with van der Waals surface area (Å²) in [6.45, 7) is 4.98. The largest absolute Gasteiger partial charge is 0.396 e. The molecule has 1 aromatic heterocycles. The minimum atomic E-state index is -1.98. The van der Waals surface area contributed by atoms with Gasteiger partial charge in [0.15, 0.2) is 5.60 Å². The molecule has 4 rings (SSSR count). The van der Waals surface area contributed by atoms with Crippen molar-refractivity contribution in [2.24, 2.45) is 5.92 Å². The summed E-state index contributed by atoms with van der Waals surface area (Å²) in [4.78, 5) is 39.6. The fraction of sp³-hybridized carbons (Fsp3) is 0.387. The van der Waals surface area contributed by atoms with Gasteiger partial charge in [0, 0.05) is 48.6 Å². The number of amides is 3. The van der Waals surface area contributed by atoms with Crippen LogP contribution in [0, 0.1) is 5.92 Å². The third-order valence-electron chi connectivity index (χ3n) is 7.39. The van der Waals surface area contributed by atoms with Crippen LogP contribution in [0.25, 0.3) is 0 Å². The summed E-state index contributed by atoms with van der Waals surface area (Å²) in [5.41, 5.74) is 0.876. The Morgan fingerprint density at radius 3 is 2.36 bits per heavy atom. The van der Waals surface area contributed by atoms with E-state index in [-0.39, 0.29) is 13.2 Å². The molecular formula is C31H38N6O7. The fourth-order valence-corrected chi connectivity index (χ4v) is 4.93. The number of benzene rings is 2. The Bertz CT molecular complexity index is 1540. The number of anilines is 3. The number of aliphatic hydroxyl groups excluding tert-OH is 3. The maximum atomic E-state index is 14.0. The van der Waals surface area contributed by atoms with Crippen LogP contribution in [-0.4, -0.2) is 72.0 Å². The molecule has 0 spiro atoms. The zero-order valence-corrected chi connectivity index (χ0v) is 24.8. The van der Waals surface area contributed by atoms with Gasteiger partial charge in [-0.25, -0.2) is 0 Å². The molecule has 1 aliphatic heterocycles. The van der Waals surface area contributed by atoms with Gasteiger partial charge in [0.05, 0.1) is 17.9 Å². The molecule has 1 aliphatic rings. The highest BCUT2D eigenvalue weighted by atomic mass is 16.3. The summed E-state index contributed by atoms with van der Waals surface area (Å²) in [7, 11) is 0. The van der Waals surface area contributed by atoms with E-state index in [1.54, 1.807) is 60.3 Å². The van der Waals surface area contributed by atoms with Crippen LogP contribution >= 0.6 is 0 Å². The minimum Gasteiger partial charge on any atom is -0.396 e. The SMILES string of the molecule is C[C@H](O)C(=O)Nc1cccc(CN2C(=O)[C@](O)([C@H](C)/C=C/CCn3cc(CCO)nn3)c3cc(NC(=O)[C@H](C)O)ccc32)c1. The molecule has 6 N–H and O–H groups in total. The van der Waals surface area contributed by atoms with Gasteiger partial charge >= 0.3 is 0 Å². The van der Waals surface area contributed by atoms with E-state index >= 15 is 0 Å². The van der Waals surface area contributed by atoms with Crippen LogP contribution in [-0.2, 0) is 39.5 Å². The van der Waals surface area contributed by atoms with E-state index in [0.717, 1.165) is 0 Å². The third-order valence-corrected chi connectivity index (χ3v) is 7.39. The van der Waals surface area contributed by atoms with E-state index in [1.165, 1.54) is 24.8 Å². The highest BCUT2D eigenvalue weighted by Gasteiger charge is 2.52. The zero-order valence-electron chi connectivity index (χ0n) is 24.8. The molecule has 4 atom stereocenters. The first-order valence-corrected chi connectivity index (χ1v) is 14.4. The number of carbonyl (C=O) groups excluding carboxylic acids is 3. The fourth-order valence-electron chi connectivity index (χ4n) is 4.93. The molecule has 0 unspecified atom stereocenters. The van der Waals surface area contributed by atoms with Crippen molar-refractivity contribution >= 4 is 34.8 Å². The average molecular weight is 607 g/mol. The maximum absolute atomic E-state index is 14.0. The van der Waals surface area contributed by atoms with Crippen molar-refractivity contribution in [2.45, 2.75) is 64.5 Å². The van der Waals surface area contributed by atoms with Gasteiger partial charge in [-0.15, -0.1) is 5.10 Å². The molecule has 3 amide bonds. The van der Waals surface area contributed by atoms with E-state index in [0.29, 0.717) is 53.3 Å². The molecule has 0 bridgehead atoms. The quantitative estimate of drug-likeness (QED) is 0.157. The normalized spacial score (nSPS) is 18.2. The molecule has 0 aliphatic carbocycles. The summed E-state index contributed by atoms with van der Waals surface area (Å²) in [5, 5.41) is 53.6. The average Bonchev–Trinajstić information content (AvgIpc) is 3.52. The number of aryl methyl sites for hydroxylation is 1. The van der Waals surface area contributed by atoms with Gasteiger partial charge < -0.3 is 36.0 Å². The van der Waals surface area contributed by atoms with Crippen molar-refractivity contribution < 1.29 is 34.8 Å². The molecular weight excluding hydrogens is 568 g/mol. The molecule has 0 fully saturated rings. The van der Waals surface area contributed by atoms with Gasteiger partial charge in [-0.05, 0) is 56.2 Å². The van der Waals surface area contributed by atoms with Crippen LogP contribution in [0.3, 0.4) is 0 Å².